The van der Waals surface area contributed by atoms with E-state index in [4.69, 9.17) is 0 Å². The van der Waals surface area contributed by atoms with Gasteiger partial charge in [0, 0.05) is 6.21 Å². The van der Waals surface area contributed by atoms with Crippen molar-refractivity contribution in [1.29, 1.82) is 0 Å². The predicted octanol–water partition coefficient (Wildman–Crippen LogP) is 3.32. The van der Waals surface area contributed by atoms with Gasteiger partial charge in [-0.1, -0.05) is 38.8 Å². The van der Waals surface area contributed by atoms with Crippen molar-refractivity contribution in [2.75, 3.05) is 0 Å². The topological polar surface area (TPSA) is 61.7 Å². The van der Waals surface area contributed by atoms with Crippen molar-refractivity contribution in [2.45, 2.75) is 39.5 Å². The van der Waals surface area contributed by atoms with E-state index in [-0.39, 0.29) is 17.2 Å². The van der Waals surface area contributed by atoms with E-state index in [0.717, 1.165) is 25.7 Å². The minimum absolute atomic E-state index is 0.0341. The highest BCUT2D eigenvalue weighted by atomic mass is 16.3. The molecule has 1 aromatic rings. The molecular formula is C15H22N2O2. The highest BCUT2D eigenvalue weighted by Gasteiger charge is 2.09. The molecule has 0 aliphatic rings. The number of benzene rings is 1. The van der Waals surface area contributed by atoms with Crippen molar-refractivity contribution in [2.24, 2.45) is 11.0 Å². The predicted molar refractivity (Wildman–Crippen MR) is 77.4 cm³/mol. The Labute approximate surface area is 114 Å². The molecule has 4 nitrogen and oxygen atoms in total. The van der Waals surface area contributed by atoms with Crippen LogP contribution in [0.2, 0.25) is 0 Å². The fourth-order valence-corrected chi connectivity index (χ4v) is 1.78. The van der Waals surface area contributed by atoms with Gasteiger partial charge in [-0.05, 0) is 30.9 Å². The van der Waals surface area contributed by atoms with Gasteiger partial charge in [0.05, 0.1) is 5.56 Å². The standard InChI is InChI=1S/C15H22N2O2/c1-3-5-8-12(4-2)11-16-17-15(19)13-9-6-7-10-14(13)18/h6-7,9-12,18H,3-5,8H2,1-2H3,(H,17,19). The summed E-state index contributed by atoms with van der Waals surface area (Å²) < 4.78 is 0. The SMILES string of the molecule is CCCCC(C=NNC(=O)c1ccccc1O)CC. The van der Waals surface area contributed by atoms with E-state index in [1.165, 1.54) is 6.07 Å². The summed E-state index contributed by atoms with van der Waals surface area (Å²) in [6.07, 6.45) is 6.21. The average Bonchev–Trinajstić information content (AvgIpc) is 2.42. The lowest BCUT2D eigenvalue weighted by atomic mass is 10.0. The molecule has 1 unspecified atom stereocenters. The largest absolute Gasteiger partial charge is 0.507 e. The zero-order chi connectivity index (χ0) is 14.1. The number of amides is 1. The Kier molecular flexibility index (Phi) is 6.64. The molecular weight excluding hydrogens is 240 g/mol. The van der Waals surface area contributed by atoms with Crippen LogP contribution in [0.5, 0.6) is 5.75 Å². The molecule has 0 saturated carbocycles. The lowest BCUT2D eigenvalue weighted by Gasteiger charge is -2.08. The van der Waals surface area contributed by atoms with Crippen molar-refractivity contribution >= 4 is 12.1 Å². The number of nitrogens with one attached hydrogen (secondary N) is 1. The molecule has 1 rings (SSSR count). The number of unbranched alkanes of at least 4 members (excludes halogenated alkanes) is 1. The van der Waals surface area contributed by atoms with Crippen LogP contribution in [0.3, 0.4) is 0 Å². The van der Waals surface area contributed by atoms with Crippen LogP contribution >= 0.6 is 0 Å². The van der Waals surface area contributed by atoms with E-state index in [2.05, 4.69) is 24.4 Å². The van der Waals surface area contributed by atoms with Gasteiger partial charge in [-0.2, -0.15) is 5.10 Å². The highest BCUT2D eigenvalue weighted by molar-refractivity contribution is 5.96. The Morgan fingerprint density at radius 2 is 2.16 bits per heavy atom. The Hall–Kier alpha value is -1.84. The molecule has 0 aliphatic heterocycles. The Morgan fingerprint density at radius 1 is 1.42 bits per heavy atom. The van der Waals surface area contributed by atoms with Crippen molar-refractivity contribution in [3.8, 4) is 5.75 Å². The number of hydrogen-bond acceptors (Lipinski definition) is 3. The second-order valence-corrected chi connectivity index (χ2v) is 4.55. The van der Waals surface area contributed by atoms with Gasteiger partial charge in [0.1, 0.15) is 5.75 Å². The first-order valence-corrected chi connectivity index (χ1v) is 6.80. The summed E-state index contributed by atoms with van der Waals surface area (Å²) in [5.41, 5.74) is 2.69. The van der Waals surface area contributed by atoms with Gasteiger partial charge < -0.3 is 5.11 Å². The normalized spacial score (nSPS) is 12.5. The van der Waals surface area contributed by atoms with Gasteiger partial charge in [0.2, 0.25) is 0 Å². The maximum absolute atomic E-state index is 11.8. The maximum atomic E-state index is 11.8. The van der Waals surface area contributed by atoms with E-state index in [1.807, 2.05) is 0 Å². The van der Waals surface area contributed by atoms with Crippen LogP contribution in [-0.2, 0) is 0 Å². The molecule has 0 bridgehead atoms. The molecule has 19 heavy (non-hydrogen) atoms. The fourth-order valence-electron chi connectivity index (χ4n) is 1.78. The average molecular weight is 262 g/mol. The second-order valence-electron chi connectivity index (χ2n) is 4.55. The monoisotopic (exact) mass is 262 g/mol. The minimum Gasteiger partial charge on any atom is -0.507 e. The van der Waals surface area contributed by atoms with Gasteiger partial charge in [-0.15, -0.1) is 0 Å². The first-order chi connectivity index (χ1) is 9.19. The summed E-state index contributed by atoms with van der Waals surface area (Å²) in [5, 5.41) is 13.5. The first-order valence-electron chi connectivity index (χ1n) is 6.80. The van der Waals surface area contributed by atoms with Crippen molar-refractivity contribution < 1.29 is 9.90 Å². The van der Waals surface area contributed by atoms with E-state index in [0.29, 0.717) is 5.92 Å². The number of para-hydroxylation sites is 1. The fraction of sp³-hybridized carbons (Fsp3) is 0.467. The zero-order valence-electron chi connectivity index (χ0n) is 11.6. The molecule has 0 heterocycles. The summed E-state index contributed by atoms with van der Waals surface area (Å²) in [7, 11) is 0. The lowest BCUT2D eigenvalue weighted by molar-refractivity contribution is 0.0952. The van der Waals surface area contributed by atoms with Gasteiger partial charge in [0.15, 0.2) is 0 Å². The van der Waals surface area contributed by atoms with Crippen molar-refractivity contribution in [3.63, 3.8) is 0 Å². The molecule has 0 saturated heterocycles. The molecule has 0 fully saturated rings. The van der Waals surface area contributed by atoms with E-state index >= 15 is 0 Å². The van der Waals surface area contributed by atoms with Crippen LogP contribution in [0.1, 0.15) is 49.9 Å². The molecule has 0 radical (unpaired) electrons. The Bertz CT molecular complexity index is 430. The Morgan fingerprint density at radius 3 is 2.79 bits per heavy atom. The third-order valence-electron chi connectivity index (χ3n) is 3.05. The maximum Gasteiger partial charge on any atom is 0.275 e. The number of aromatic hydroxyl groups is 1. The van der Waals surface area contributed by atoms with Gasteiger partial charge >= 0.3 is 0 Å². The summed E-state index contributed by atoms with van der Waals surface area (Å²) in [4.78, 5) is 11.8. The Balaban J connectivity index is 2.51. The van der Waals surface area contributed by atoms with Crippen molar-refractivity contribution in [1.82, 2.24) is 5.43 Å². The van der Waals surface area contributed by atoms with Crippen LogP contribution in [0.4, 0.5) is 0 Å². The van der Waals surface area contributed by atoms with Crippen LogP contribution in [0.25, 0.3) is 0 Å². The molecule has 2 N–H and O–H groups in total. The third-order valence-corrected chi connectivity index (χ3v) is 3.05. The minimum atomic E-state index is -0.389. The zero-order valence-corrected chi connectivity index (χ0v) is 11.6. The van der Waals surface area contributed by atoms with E-state index < -0.39 is 0 Å². The number of rotatable bonds is 7. The molecule has 1 amide bonds. The molecule has 1 aromatic carbocycles. The van der Waals surface area contributed by atoms with E-state index in [9.17, 15) is 9.90 Å². The van der Waals surface area contributed by atoms with Gasteiger partial charge in [0.25, 0.3) is 5.91 Å². The number of hydrazone groups is 1. The molecule has 1 atom stereocenters. The number of carbonyl (C=O) groups excluding carboxylic acids is 1. The smallest absolute Gasteiger partial charge is 0.275 e. The number of hydrogen-bond donors (Lipinski definition) is 2. The summed E-state index contributed by atoms with van der Waals surface area (Å²) in [6.45, 7) is 4.26. The van der Waals surface area contributed by atoms with Crippen LogP contribution < -0.4 is 5.43 Å². The van der Waals surface area contributed by atoms with Crippen LogP contribution in [-0.4, -0.2) is 17.2 Å². The molecule has 4 heteroatoms. The second kappa shape index (κ2) is 8.29. The van der Waals surface area contributed by atoms with Crippen LogP contribution in [0.15, 0.2) is 29.4 Å². The number of phenols is 1. The molecule has 0 aliphatic carbocycles. The first kappa shape index (κ1) is 15.2. The number of nitrogens with zero attached hydrogens (tertiary/aromatic N) is 1. The molecule has 104 valence electrons. The van der Waals surface area contributed by atoms with E-state index in [1.54, 1.807) is 24.4 Å². The highest BCUT2D eigenvalue weighted by Crippen LogP contribution is 2.15. The van der Waals surface area contributed by atoms with Gasteiger partial charge in [-0.3, -0.25) is 4.79 Å². The third kappa shape index (κ3) is 5.12. The summed E-state index contributed by atoms with van der Waals surface area (Å²) in [6, 6.07) is 6.42. The molecule has 0 aromatic heterocycles. The van der Waals surface area contributed by atoms with Gasteiger partial charge in [-0.25, -0.2) is 5.43 Å². The van der Waals surface area contributed by atoms with Crippen LogP contribution in [0, 0.1) is 5.92 Å². The summed E-state index contributed by atoms with van der Waals surface area (Å²) >= 11 is 0. The summed E-state index contributed by atoms with van der Waals surface area (Å²) in [5.74, 6) is -0.0301. The number of phenolic OH excluding ortho intramolecular Hbond substituents is 1. The van der Waals surface area contributed by atoms with Crippen molar-refractivity contribution in [3.05, 3.63) is 29.8 Å². The lowest BCUT2D eigenvalue weighted by Crippen LogP contribution is -2.18. The molecule has 0 spiro atoms. The number of carbonyl (C=O) groups is 1. The quantitative estimate of drug-likeness (QED) is 0.585.